The first-order valence-corrected chi connectivity index (χ1v) is 4.53. The van der Waals surface area contributed by atoms with Gasteiger partial charge in [0.2, 0.25) is 0 Å². The van der Waals surface area contributed by atoms with Crippen LogP contribution in [0, 0.1) is 0 Å². The number of nitrogens with one attached hydrogen (secondary N) is 2. The van der Waals surface area contributed by atoms with Crippen LogP contribution in [0.4, 0.5) is 4.39 Å². The number of rotatable bonds is 3. The molecule has 3 nitrogen and oxygen atoms in total. The first-order chi connectivity index (χ1) is 5.84. The summed E-state index contributed by atoms with van der Waals surface area (Å²) in [7, 11) is 0. The molecule has 70 valence electrons. The molecule has 0 radical (unpaired) electrons. The molecule has 4 heteroatoms. The van der Waals surface area contributed by atoms with Crippen LogP contribution in [-0.2, 0) is 4.74 Å². The molecule has 12 heavy (non-hydrogen) atoms. The fourth-order valence-corrected chi connectivity index (χ4v) is 1.59. The van der Waals surface area contributed by atoms with Crippen molar-refractivity contribution in [3.8, 4) is 0 Å². The predicted octanol–water partition coefficient (Wildman–Crippen LogP) is -0.325. The van der Waals surface area contributed by atoms with Crippen LogP contribution in [0.3, 0.4) is 0 Å². The highest BCUT2D eigenvalue weighted by atomic mass is 19.1. The van der Waals surface area contributed by atoms with Crippen molar-refractivity contribution in [2.45, 2.75) is 24.7 Å². The summed E-state index contributed by atoms with van der Waals surface area (Å²) >= 11 is 0. The maximum atomic E-state index is 12.7. The smallest absolute Gasteiger partial charge is 0.114 e. The van der Waals surface area contributed by atoms with E-state index in [-0.39, 0.29) is 0 Å². The van der Waals surface area contributed by atoms with Gasteiger partial charge in [-0.15, -0.1) is 0 Å². The fourth-order valence-electron chi connectivity index (χ4n) is 1.59. The normalized spacial score (nSPS) is 36.8. The quantitative estimate of drug-likeness (QED) is 0.615. The van der Waals surface area contributed by atoms with Gasteiger partial charge < -0.3 is 15.4 Å². The summed E-state index contributed by atoms with van der Waals surface area (Å²) in [6, 6.07) is 0.825. The Hall–Kier alpha value is -0.190. The SMILES string of the molecule is FC1CNC(CNC2COC2)C1. The molecule has 2 aliphatic rings. The highest BCUT2D eigenvalue weighted by molar-refractivity contribution is 4.85. The third kappa shape index (κ3) is 1.94. The summed E-state index contributed by atoms with van der Waals surface area (Å²) < 4.78 is 17.7. The van der Waals surface area contributed by atoms with Gasteiger partial charge in [-0.2, -0.15) is 0 Å². The average molecular weight is 174 g/mol. The van der Waals surface area contributed by atoms with Gasteiger partial charge in [-0.3, -0.25) is 0 Å². The monoisotopic (exact) mass is 174 g/mol. The zero-order chi connectivity index (χ0) is 8.39. The minimum atomic E-state index is -0.644. The molecule has 2 aliphatic heterocycles. The van der Waals surface area contributed by atoms with E-state index in [4.69, 9.17) is 4.74 Å². The highest BCUT2D eigenvalue weighted by Crippen LogP contribution is 2.09. The molecule has 0 aromatic heterocycles. The van der Waals surface area contributed by atoms with Crippen LogP contribution in [0.25, 0.3) is 0 Å². The summed E-state index contributed by atoms with van der Waals surface area (Å²) in [6.45, 7) is 3.01. The minimum absolute atomic E-state index is 0.320. The van der Waals surface area contributed by atoms with E-state index < -0.39 is 6.17 Å². The van der Waals surface area contributed by atoms with Gasteiger partial charge in [-0.1, -0.05) is 0 Å². The number of ether oxygens (including phenoxy) is 1. The molecule has 2 heterocycles. The Morgan fingerprint density at radius 1 is 1.50 bits per heavy atom. The lowest BCUT2D eigenvalue weighted by Gasteiger charge is -2.28. The number of halogens is 1. The van der Waals surface area contributed by atoms with E-state index in [1.807, 2.05) is 0 Å². The molecule has 0 bridgehead atoms. The molecule has 0 aromatic carbocycles. The summed E-state index contributed by atoms with van der Waals surface area (Å²) in [6.07, 6.45) is 0.00931. The van der Waals surface area contributed by atoms with Crippen molar-refractivity contribution >= 4 is 0 Å². The van der Waals surface area contributed by atoms with Crippen LogP contribution in [0.2, 0.25) is 0 Å². The van der Waals surface area contributed by atoms with Crippen molar-refractivity contribution in [1.82, 2.24) is 10.6 Å². The van der Waals surface area contributed by atoms with Crippen molar-refractivity contribution in [3.05, 3.63) is 0 Å². The summed E-state index contributed by atoms with van der Waals surface area (Å²) in [5, 5.41) is 6.46. The number of hydrogen-bond donors (Lipinski definition) is 2. The van der Waals surface area contributed by atoms with E-state index in [0.29, 0.717) is 25.0 Å². The molecule has 0 aliphatic carbocycles. The molecule has 0 saturated carbocycles. The molecular weight excluding hydrogens is 159 g/mol. The molecule has 2 N–H and O–H groups in total. The molecular formula is C8H15FN2O. The van der Waals surface area contributed by atoms with Crippen molar-refractivity contribution in [2.24, 2.45) is 0 Å². The third-order valence-corrected chi connectivity index (χ3v) is 2.46. The Bertz CT molecular complexity index is 152. The second-order valence-electron chi connectivity index (χ2n) is 3.58. The molecule has 2 fully saturated rings. The van der Waals surface area contributed by atoms with E-state index in [9.17, 15) is 4.39 Å². The topological polar surface area (TPSA) is 33.3 Å². The fraction of sp³-hybridized carbons (Fsp3) is 1.00. The Kier molecular flexibility index (Phi) is 2.58. The van der Waals surface area contributed by atoms with Crippen LogP contribution in [-0.4, -0.2) is 44.6 Å². The standard InChI is InChI=1S/C8H15FN2O/c9-6-1-7(10-2-6)3-11-8-4-12-5-8/h6-8,10-11H,1-5H2. The summed E-state index contributed by atoms with van der Waals surface area (Å²) in [5.41, 5.74) is 0. The van der Waals surface area contributed by atoms with Gasteiger partial charge in [-0.25, -0.2) is 4.39 Å². The summed E-state index contributed by atoms with van der Waals surface area (Å²) in [4.78, 5) is 0. The molecule has 2 rings (SSSR count). The highest BCUT2D eigenvalue weighted by Gasteiger charge is 2.25. The second-order valence-corrected chi connectivity index (χ2v) is 3.58. The molecule has 0 spiro atoms. The lowest BCUT2D eigenvalue weighted by Crippen LogP contribution is -2.49. The zero-order valence-electron chi connectivity index (χ0n) is 7.05. The Morgan fingerprint density at radius 2 is 2.33 bits per heavy atom. The zero-order valence-corrected chi connectivity index (χ0v) is 7.05. The number of alkyl halides is 1. The maximum absolute atomic E-state index is 12.7. The van der Waals surface area contributed by atoms with E-state index in [1.54, 1.807) is 0 Å². The number of hydrogen-bond acceptors (Lipinski definition) is 3. The van der Waals surface area contributed by atoms with Crippen LogP contribution in [0.5, 0.6) is 0 Å². The van der Waals surface area contributed by atoms with Crippen molar-refractivity contribution < 1.29 is 9.13 Å². The van der Waals surface area contributed by atoms with Gasteiger partial charge in [-0.05, 0) is 6.42 Å². The minimum Gasteiger partial charge on any atom is -0.378 e. The van der Waals surface area contributed by atoms with Gasteiger partial charge in [0.25, 0.3) is 0 Å². The largest absolute Gasteiger partial charge is 0.378 e. The molecule has 0 aromatic rings. The lowest BCUT2D eigenvalue weighted by atomic mass is 10.2. The Labute approximate surface area is 71.7 Å². The Balaban J connectivity index is 1.60. The molecule has 0 amide bonds. The van der Waals surface area contributed by atoms with Crippen LogP contribution >= 0.6 is 0 Å². The predicted molar refractivity (Wildman–Crippen MR) is 43.9 cm³/mol. The van der Waals surface area contributed by atoms with Gasteiger partial charge in [0.05, 0.1) is 19.3 Å². The van der Waals surface area contributed by atoms with Gasteiger partial charge in [0, 0.05) is 19.1 Å². The van der Waals surface area contributed by atoms with Crippen molar-refractivity contribution in [1.29, 1.82) is 0 Å². The second kappa shape index (κ2) is 3.68. The molecule has 2 unspecified atom stereocenters. The van der Waals surface area contributed by atoms with Crippen molar-refractivity contribution in [3.63, 3.8) is 0 Å². The van der Waals surface area contributed by atoms with Crippen molar-refractivity contribution in [2.75, 3.05) is 26.3 Å². The third-order valence-electron chi connectivity index (χ3n) is 2.46. The van der Waals surface area contributed by atoms with Crippen LogP contribution in [0.1, 0.15) is 6.42 Å². The first kappa shape index (κ1) is 8.41. The van der Waals surface area contributed by atoms with E-state index in [0.717, 1.165) is 19.8 Å². The lowest BCUT2D eigenvalue weighted by molar-refractivity contribution is -0.00561. The van der Waals surface area contributed by atoms with Gasteiger partial charge in [0.1, 0.15) is 6.17 Å². The van der Waals surface area contributed by atoms with E-state index in [1.165, 1.54) is 0 Å². The maximum Gasteiger partial charge on any atom is 0.114 e. The van der Waals surface area contributed by atoms with Crippen LogP contribution in [0.15, 0.2) is 0 Å². The van der Waals surface area contributed by atoms with E-state index >= 15 is 0 Å². The van der Waals surface area contributed by atoms with E-state index in [2.05, 4.69) is 10.6 Å². The Morgan fingerprint density at radius 3 is 2.83 bits per heavy atom. The van der Waals surface area contributed by atoms with Crippen LogP contribution < -0.4 is 10.6 Å². The van der Waals surface area contributed by atoms with Gasteiger partial charge in [0.15, 0.2) is 0 Å². The van der Waals surface area contributed by atoms with Gasteiger partial charge >= 0.3 is 0 Å². The first-order valence-electron chi connectivity index (χ1n) is 4.53. The molecule has 2 atom stereocenters. The average Bonchev–Trinajstić information content (AvgIpc) is 2.32. The summed E-state index contributed by atoms with van der Waals surface area (Å²) in [5.74, 6) is 0. The molecule has 2 saturated heterocycles.